The Labute approximate surface area is 73.6 Å². The van der Waals surface area contributed by atoms with E-state index in [2.05, 4.69) is 6.58 Å². The Morgan fingerprint density at radius 2 is 2.08 bits per heavy atom. The minimum atomic E-state index is -0.450. The first kappa shape index (κ1) is 11.1. The molecule has 3 heteroatoms. The van der Waals surface area contributed by atoms with Gasteiger partial charge in [-0.25, -0.2) is 0 Å². The Morgan fingerprint density at radius 1 is 1.50 bits per heavy atom. The summed E-state index contributed by atoms with van der Waals surface area (Å²) in [6, 6.07) is -0.450. The van der Waals surface area contributed by atoms with Gasteiger partial charge in [-0.05, 0) is 24.8 Å². The first-order valence-corrected chi connectivity index (χ1v) is 4.53. The van der Waals surface area contributed by atoms with E-state index in [0.29, 0.717) is 6.42 Å². The fourth-order valence-corrected chi connectivity index (χ4v) is 1.31. The molecule has 0 radical (unpaired) electrons. The van der Waals surface area contributed by atoms with Gasteiger partial charge in [0.25, 0.3) is 0 Å². The van der Waals surface area contributed by atoms with Crippen molar-refractivity contribution in [1.82, 2.24) is 0 Å². The number of hydrogen-bond donors (Lipinski definition) is 0. The summed E-state index contributed by atoms with van der Waals surface area (Å²) in [6.45, 7) is 7.68. The van der Waals surface area contributed by atoms with Crippen LogP contribution in [0.4, 0.5) is 0 Å². The van der Waals surface area contributed by atoms with E-state index in [9.17, 15) is 10.1 Å². The lowest BCUT2D eigenvalue weighted by atomic mass is 9.92. The lowest BCUT2D eigenvalue weighted by Gasteiger charge is -2.16. The summed E-state index contributed by atoms with van der Waals surface area (Å²) in [5.41, 5.74) is 0.802. The maximum Gasteiger partial charge on any atom is 0.233 e. The molecular formula is C9H17NO2. The van der Waals surface area contributed by atoms with Crippen LogP contribution in [0.1, 0.15) is 39.5 Å². The topological polar surface area (TPSA) is 43.1 Å². The van der Waals surface area contributed by atoms with Crippen LogP contribution in [0, 0.1) is 10.1 Å². The second kappa shape index (κ2) is 5.75. The average Bonchev–Trinajstić information content (AvgIpc) is 2.08. The van der Waals surface area contributed by atoms with Crippen molar-refractivity contribution in [1.29, 1.82) is 0 Å². The van der Waals surface area contributed by atoms with Crippen LogP contribution >= 0.6 is 0 Å². The first-order valence-electron chi connectivity index (χ1n) is 4.53. The van der Waals surface area contributed by atoms with Gasteiger partial charge in [-0.2, -0.15) is 0 Å². The fraction of sp³-hybridized carbons (Fsp3) is 0.778. The number of nitrogens with zero attached hydrogens (tertiary/aromatic N) is 1. The summed E-state index contributed by atoms with van der Waals surface area (Å²) in [5.74, 6) is 0. The Hall–Kier alpha value is -0.860. The molecule has 1 aliphatic carbocycles. The van der Waals surface area contributed by atoms with Crippen molar-refractivity contribution in [2.24, 2.45) is 0 Å². The molecule has 1 atom stereocenters. The van der Waals surface area contributed by atoms with Crippen LogP contribution in [0.25, 0.3) is 0 Å². The largest absolute Gasteiger partial charge is 0.264 e. The van der Waals surface area contributed by atoms with Gasteiger partial charge in [0, 0.05) is 11.3 Å². The summed E-state index contributed by atoms with van der Waals surface area (Å²) >= 11 is 0. The van der Waals surface area contributed by atoms with Crippen molar-refractivity contribution >= 4 is 0 Å². The molecule has 0 N–H and O–H groups in total. The zero-order valence-electron chi connectivity index (χ0n) is 7.88. The molecule has 0 aliphatic heterocycles. The van der Waals surface area contributed by atoms with Crippen molar-refractivity contribution in [2.45, 2.75) is 45.6 Å². The number of nitro groups is 1. The van der Waals surface area contributed by atoms with E-state index in [1.54, 1.807) is 0 Å². The third-order valence-electron chi connectivity index (χ3n) is 1.95. The van der Waals surface area contributed by atoms with Crippen LogP contribution < -0.4 is 0 Å². The second-order valence-electron chi connectivity index (χ2n) is 2.71. The molecule has 70 valence electrons. The van der Waals surface area contributed by atoms with Crippen LogP contribution in [0.15, 0.2) is 12.2 Å². The van der Waals surface area contributed by atoms with Crippen molar-refractivity contribution in [3.05, 3.63) is 22.3 Å². The molecule has 0 saturated heterocycles. The van der Waals surface area contributed by atoms with Gasteiger partial charge in [0.1, 0.15) is 0 Å². The third-order valence-corrected chi connectivity index (χ3v) is 1.95. The highest BCUT2D eigenvalue weighted by Gasteiger charge is 2.26. The zero-order chi connectivity index (χ0) is 9.56. The molecule has 1 aliphatic rings. The lowest BCUT2D eigenvalue weighted by Crippen LogP contribution is -2.24. The van der Waals surface area contributed by atoms with Crippen molar-refractivity contribution in [3.8, 4) is 0 Å². The number of rotatable bonds is 1. The molecule has 12 heavy (non-hydrogen) atoms. The van der Waals surface area contributed by atoms with Crippen LogP contribution in [0.5, 0.6) is 0 Å². The molecule has 0 aromatic carbocycles. The standard InChI is InChI=1S/C7H11NO2.C2H6/c1-6-4-2-3-5-7(6)8(9)10;1-2/h7H,1-5H2;1-2H3. The van der Waals surface area contributed by atoms with Crippen molar-refractivity contribution in [2.75, 3.05) is 0 Å². The Morgan fingerprint density at radius 3 is 2.42 bits per heavy atom. The number of hydrogen-bond acceptors (Lipinski definition) is 2. The summed E-state index contributed by atoms with van der Waals surface area (Å²) < 4.78 is 0. The minimum absolute atomic E-state index is 0.221. The molecule has 1 fully saturated rings. The van der Waals surface area contributed by atoms with E-state index >= 15 is 0 Å². The molecule has 0 amide bonds. The van der Waals surface area contributed by atoms with Gasteiger partial charge in [-0.3, -0.25) is 10.1 Å². The highest BCUT2D eigenvalue weighted by Crippen LogP contribution is 2.23. The predicted octanol–water partition coefficient (Wildman–Crippen LogP) is 2.79. The summed E-state index contributed by atoms with van der Waals surface area (Å²) in [4.78, 5) is 10.1. The fourth-order valence-electron chi connectivity index (χ4n) is 1.31. The van der Waals surface area contributed by atoms with Gasteiger partial charge in [-0.15, -0.1) is 0 Å². The predicted molar refractivity (Wildman–Crippen MR) is 49.7 cm³/mol. The van der Waals surface area contributed by atoms with E-state index in [1.807, 2.05) is 13.8 Å². The Balaban J connectivity index is 0.000000561. The van der Waals surface area contributed by atoms with Crippen LogP contribution in [-0.4, -0.2) is 11.0 Å². The van der Waals surface area contributed by atoms with Crippen LogP contribution in [-0.2, 0) is 0 Å². The molecule has 0 bridgehead atoms. The van der Waals surface area contributed by atoms with E-state index in [1.165, 1.54) is 0 Å². The molecule has 0 spiro atoms. The maximum absolute atomic E-state index is 10.3. The maximum atomic E-state index is 10.3. The molecule has 0 aromatic rings. The van der Waals surface area contributed by atoms with E-state index in [-0.39, 0.29) is 4.92 Å². The smallest absolute Gasteiger partial charge is 0.233 e. The van der Waals surface area contributed by atoms with Gasteiger partial charge in [0.2, 0.25) is 6.04 Å². The molecule has 1 unspecified atom stereocenters. The minimum Gasteiger partial charge on any atom is -0.264 e. The molecule has 0 aromatic heterocycles. The van der Waals surface area contributed by atoms with Gasteiger partial charge in [-0.1, -0.05) is 20.4 Å². The Bertz CT molecular complexity index is 166. The zero-order valence-corrected chi connectivity index (χ0v) is 7.88. The summed E-state index contributed by atoms with van der Waals surface area (Å²) in [6.07, 6.45) is 3.57. The van der Waals surface area contributed by atoms with Gasteiger partial charge < -0.3 is 0 Å². The molecular weight excluding hydrogens is 154 g/mol. The summed E-state index contributed by atoms with van der Waals surface area (Å²) in [7, 11) is 0. The normalized spacial score (nSPS) is 22.5. The van der Waals surface area contributed by atoms with Gasteiger partial charge >= 0.3 is 0 Å². The van der Waals surface area contributed by atoms with E-state index < -0.39 is 6.04 Å². The SMILES string of the molecule is C=C1CCCCC1[N+](=O)[O-].CC. The lowest BCUT2D eigenvalue weighted by molar-refractivity contribution is -0.514. The van der Waals surface area contributed by atoms with Gasteiger partial charge in [0.15, 0.2) is 0 Å². The molecule has 3 nitrogen and oxygen atoms in total. The van der Waals surface area contributed by atoms with E-state index in [4.69, 9.17) is 0 Å². The van der Waals surface area contributed by atoms with Crippen molar-refractivity contribution < 1.29 is 4.92 Å². The van der Waals surface area contributed by atoms with Crippen molar-refractivity contribution in [3.63, 3.8) is 0 Å². The van der Waals surface area contributed by atoms with E-state index in [0.717, 1.165) is 24.8 Å². The average molecular weight is 171 g/mol. The monoisotopic (exact) mass is 171 g/mol. The Kier molecular flexibility index (Phi) is 5.34. The summed E-state index contributed by atoms with van der Waals surface area (Å²) in [5, 5.41) is 10.3. The quantitative estimate of drug-likeness (QED) is 0.346. The molecule has 1 saturated carbocycles. The van der Waals surface area contributed by atoms with Crippen LogP contribution in [0.2, 0.25) is 0 Å². The first-order chi connectivity index (χ1) is 5.72. The third kappa shape index (κ3) is 3.03. The van der Waals surface area contributed by atoms with Crippen LogP contribution in [0.3, 0.4) is 0 Å². The van der Waals surface area contributed by atoms with Gasteiger partial charge in [0.05, 0.1) is 0 Å². The highest BCUT2D eigenvalue weighted by molar-refractivity contribution is 5.04. The molecule has 0 heterocycles. The second-order valence-corrected chi connectivity index (χ2v) is 2.71. The highest BCUT2D eigenvalue weighted by atomic mass is 16.6. The molecule has 1 rings (SSSR count).